The second kappa shape index (κ2) is 3.36. The molecule has 1 aromatic carbocycles. The van der Waals surface area contributed by atoms with E-state index in [0.29, 0.717) is 0 Å². The van der Waals surface area contributed by atoms with Crippen molar-refractivity contribution in [3.63, 3.8) is 0 Å². The summed E-state index contributed by atoms with van der Waals surface area (Å²) in [5, 5.41) is 11.2. The van der Waals surface area contributed by atoms with Crippen LogP contribution in [0.1, 0.15) is 24.8 Å². The Labute approximate surface area is 95.5 Å². The number of aromatic nitrogens is 1. The molecule has 2 nitrogen and oxygen atoms in total. The van der Waals surface area contributed by atoms with Crippen molar-refractivity contribution in [3.05, 3.63) is 36.0 Å². The van der Waals surface area contributed by atoms with E-state index >= 15 is 0 Å². The van der Waals surface area contributed by atoms with Gasteiger partial charge in [0.1, 0.15) is 0 Å². The van der Waals surface area contributed by atoms with Crippen LogP contribution >= 0.6 is 0 Å². The zero-order valence-electron chi connectivity index (χ0n) is 9.61. The van der Waals surface area contributed by atoms with Crippen LogP contribution < -0.4 is 0 Å². The van der Waals surface area contributed by atoms with Gasteiger partial charge in [-0.3, -0.25) is 0 Å². The molecule has 1 aliphatic rings. The van der Waals surface area contributed by atoms with Crippen LogP contribution in [-0.4, -0.2) is 15.3 Å². The summed E-state index contributed by atoms with van der Waals surface area (Å²) in [4.78, 5) is 0. The summed E-state index contributed by atoms with van der Waals surface area (Å²) < 4.78 is 2.17. The van der Waals surface area contributed by atoms with Gasteiger partial charge in [0.15, 0.2) is 0 Å². The summed E-state index contributed by atoms with van der Waals surface area (Å²) in [5.74, 6) is 0. The summed E-state index contributed by atoms with van der Waals surface area (Å²) >= 11 is 0. The molecule has 1 aliphatic carbocycles. The first kappa shape index (κ1) is 9.91. The normalized spacial score (nSPS) is 17.9. The molecule has 0 saturated heterocycles. The zero-order valence-corrected chi connectivity index (χ0v) is 9.61. The minimum Gasteiger partial charge on any atom is -0.390 e. The fourth-order valence-corrected chi connectivity index (χ4v) is 2.41. The van der Waals surface area contributed by atoms with Gasteiger partial charge >= 0.3 is 0 Å². The predicted octanol–water partition coefficient (Wildman–Crippen LogP) is 2.64. The third-order valence-corrected chi connectivity index (χ3v) is 3.67. The second-order valence-corrected chi connectivity index (χ2v) is 5.01. The number of hydrogen-bond donors (Lipinski definition) is 1. The molecule has 3 rings (SSSR count). The molecule has 0 bridgehead atoms. The molecule has 0 amide bonds. The Balaban J connectivity index is 1.93. The molecule has 1 aromatic heterocycles. The van der Waals surface area contributed by atoms with Crippen LogP contribution in [0.5, 0.6) is 0 Å². The van der Waals surface area contributed by atoms with Crippen LogP contribution in [0.15, 0.2) is 30.5 Å². The number of nitrogens with zero attached hydrogens (tertiary/aromatic N) is 1. The van der Waals surface area contributed by atoms with E-state index in [0.717, 1.165) is 25.7 Å². The second-order valence-electron chi connectivity index (χ2n) is 5.01. The summed E-state index contributed by atoms with van der Waals surface area (Å²) in [6.07, 6.45) is 5.94. The molecule has 2 aromatic rings. The van der Waals surface area contributed by atoms with Crippen LogP contribution in [-0.2, 0) is 13.5 Å². The zero-order chi connectivity index (χ0) is 11.2. The Bertz CT molecular complexity index is 523. The van der Waals surface area contributed by atoms with E-state index in [-0.39, 0.29) is 5.60 Å². The highest BCUT2D eigenvalue weighted by molar-refractivity contribution is 5.83. The highest BCUT2D eigenvalue weighted by Gasteiger charge is 2.39. The van der Waals surface area contributed by atoms with Gasteiger partial charge in [0.25, 0.3) is 0 Å². The van der Waals surface area contributed by atoms with Crippen LogP contribution in [0, 0.1) is 0 Å². The van der Waals surface area contributed by atoms with Crippen molar-refractivity contribution in [2.75, 3.05) is 0 Å². The fourth-order valence-electron chi connectivity index (χ4n) is 2.41. The van der Waals surface area contributed by atoms with E-state index in [2.05, 4.69) is 42.1 Å². The standard InChI is InChI=1S/C14H17NO/c1-15-10-6-12-4-2-3-11(13(12)15)5-7-14(16)8-9-14/h2-4,6,10,16H,5,7-9H2,1H3. The van der Waals surface area contributed by atoms with Crippen molar-refractivity contribution in [1.29, 1.82) is 0 Å². The number of rotatable bonds is 3. The van der Waals surface area contributed by atoms with E-state index in [1.165, 1.54) is 16.5 Å². The lowest BCUT2D eigenvalue weighted by molar-refractivity contribution is 0.140. The van der Waals surface area contributed by atoms with E-state index in [9.17, 15) is 5.11 Å². The molecule has 84 valence electrons. The first-order chi connectivity index (χ1) is 7.68. The minimum atomic E-state index is -0.340. The van der Waals surface area contributed by atoms with Crippen molar-refractivity contribution < 1.29 is 5.11 Å². The predicted molar refractivity (Wildman–Crippen MR) is 65.4 cm³/mol. The number of hydrogen-bond acceptors (Lipinski definition) is 1. The number of para-hydroxylation sites is 1. The minimum absolute atomic E-state index is 0.340. The number of fused-ring (bicyclic) bond motifs is 1. The molecular formula is C14H17NO. The van der Waals surface area contributed by atoms with Crippen LogP contribution in [0.4, 0.5) is 0 Å². The third-order valence-electron chi connectivity index (χ3n) is 3.67. The summed E-state index contributed by atoms with van der Waals surface area (Å²) in [5.41, 5.74) is 2.32. The molecule has 16 heavy (non-hydrogen) atoms. The molecule has 2 heteroatoms. The first-order valence-electron chi connectivity index (χ1n) is 5.93. The van der Waals surface area contributed by atoms with Crippen LogP contribution in [0.25, 0.3) is 10.9 Å². The van der Waals surface area contributed by atoms with Gasteiger partial charge in [-0.15, -0.1) is 0 Å². The fraction of sp³-hybridized carbons (Fsp3) is 0.429. The summed E-state index contributed by atoms with van der Waals surface area (Å²) in [6, 6.07) is 8.57. The molecule has 0 radical (unpaired) electrons. The average Bonchev–Trinajstić information content (AvgIpc) is 2.90. The Hall–Kier alpha value is -1.28. The van der Waals surface area contributed by atoms with Crippen molar-refractivity contribution in [1.82, 2.24) is 4.57 Å². The molecule has 1 saturated carbocycles. The molecule has 0 aliphatic heterocycles. The van der Waals surface area contributed by atoms with E-state index < -0.39 is 0 Å². The van der Waals surface area contributed by atoms with Gasteiger partial charge in [-0.05, 0) is 42.7 Å². The van der Waals surface area contributed by atoms with Gasteiger partial charge < -0.3 is 9.67 Å². The molecule has 1 N–H and O–H groups in total. The molecular weight excluding hydrogens is 198 g/mol. The van der Waals surface area contributed by atoms with E-state index in [1.807, 2.05) is 0 Å². The van der Waals surface area contributed by atoms with Crippen LogP contribution in [0.3, 0.4) is 0 Å². The molecule has 1 heterocycles. The van der Waals surface area contributed by atoms with Crippen molar-refractivity contribution >= 4 is 10.9 Å². The van der Waals surface area contributed by atoms with Gasteiger partial charge in [-0.1, -0.05) is 18.2 Å². The van der Waals surface area contributed by atoms with E-state index in [1.54, 1.807) is 0 Å². The maximum Gasteiger partial charge on any atom is 0.0653 e. The highest BCUT2D eigenvalue weighted by Crippen LogP contribution is 2.39. The van der Waals surface area contributed by atoms with Crippen LogP contribution in [0.2, 0.25) is 0 Å². The van der Waals surface area contributed by atoms with Gasteiger partial charge in [0.2, 0.25) is 0 Å². The summed E-state index contributed by atoms with van der Waals surface area (Å²) in [6.45, 7) is 0. The SMILES string of the molecule is Cn1ccc2cccc(CCC3(O)CC3)c21. The highest BCUT2D eigenvalue weighted by atomic mass is 16.3. The quantitative estimate of drug-likeness (QED) is 0.836. The Morgan fingerprint density at radius 2 is 2.12 bits per heavy atom. The largest absolute Gasteiger partial charge is 0.390 e. The molecule has 1 fully saturated rings. The monoisotopic (exact) mass is 215 g/mol. The van der Waals surface area contributed by atoms with E-state index in [4.69, 9.17) is 0 Å². The molecule has 0 unspecified atom stereocenters. The van der Waals surface area contributed by atoms with Crippen molar-refractivity contribution in [2.24, 2.45) is 7.05 Å². The van der Waals surface area contributed by atoms with Crippen molar-refractivity contribution in [2.45, 2.75) is 31.3 Å². The average molecular weight is 215 g/mol. The Morgan fingerprint density at radius 3 is 2.88 bits per heavy atom. The smallest absolute Gasteiger partial charge is 0.0653 e. The Morgan fingerprint density at radius 1 is 1.31 bits per heavy atom. The van der Waals surface area contributed by atoms with Gasteiger partial charge in [0, 0.05) is 13.2 Å². The number of benzene rings is 1. The maximum absolute atomic E-state index is 9.88. The number of aliphatic hydroxyl groups is 1. The lowest BCUT2D eigenvalue weighted by Gasteiger charge is -2.09. The van der Waals surface area contributed by atoms with Gasteiger partial charge in [-0.25, -0.2) is 0 Å². The lowest BCUT2D eigenvalue weighted by atomic mass is 10.0. The first-order valence-corrected chi connectivity index (χ1v) is 5.93. The van der Waals surface area contributed by atoms with Gasteiger partial charge in [-0.2, -0.15) is 0 Å². The topological polar surface area (TPSA) is 25.2 Å². The number of aryl methyl sites for hydroxylation is 2. The maximum atomic E-state index is 9.88. The Kier molecular flexibility index (Phi) is 2.08. The van der Waals surface area contributed by atoms with Gasteiger partial charge in [0.05, 0.1) is 11.1 Å². The molecule has 0 spiro atoms. The molecule has 0 atom stereocenters. The third kappa shape index (κ3) is 1.63. The van der Waals surface area contributed by atoms with Crippen molar-refractivity contribution in [3.8, 4) is 0 Å². The lowest BCUT2D eigenvalue weighted by Crippen LogP contribution is -2.08. The summed E-state index contributed by atoms with van der Waals surface area (Å²) in [7, 11) is 2.08.